The first-order valence-corrected chi connectivity index (χ1v) is 8.55. The van der Waals surface area contributed by atoms with E-state index in [1.165, 1.54) is 23.9 Å². The topological polar surface area (TPSA) is 77.3 Å². The molecule has 1 aromatic rings. The maximum atomic E-state index is 11.7. The molecule has 106 valence electrons. The third-order valence-corrected chi connectivity index (χ3v) is 5.58. The van der Waals surface area contributed by atoms with Crippen molar-refractivity contribution in [3.05, 3.63) is 28.3 Å². The Morgan fingerprint density at radius 3 is 2.26 bits per heavy atom. The van der Waals surface area contributed by atoms with E-state index in [0.29, 0.717) is 10.8 Å². The maximum absolute atomic E-state index is 11.7. The van der Waals surface area contributed by atoms with Crippen LogP contribution < -0.4 is 0 Å². The predicted octanol–water partition coefficient (Wildman–Crippen LogP) is 3.13. The second-order valence-corrected chi connectivity index (χ2v) is 8.13. The van der Waals surface area contributed by atoms with Gasteiger partial charge in [-0.05, 0) is 12.0 Å². The molecule has 0 amide bonds. The van der Waals surface area contributed by atoms with Crippen molar-refractivity contribution in [1.29, 1.82) is 0 Å². The maximum Gasteiger partial charge on any atom is 0.270 e. The summed E-state index contributed by atoms with van der Waals surface area (Å²) in [6, 6.07) is 3.98. The minimum absolute atomic E-state index is 0.0270. The molecule has 0 N–H and O–H groups in total. The smallest absolute Gasteiger partial charge is 0.258 e. The number of rotatable bonds is 5. The summed E-state index contributed by atoms with van der Waals surface area (Å²) in [4.78, 5) is 10.7. The Bertz CT molecular complexity index is 581. The van der Waals surface area contributed by atoms with Crippen LogP contribution in [0.5, 0.6) is 0 Å². The van der Waals surface area contributed by atoms with E-state index in [0.717, 1.165) is 12.3 Å². The lowest BCUT2D eigenvalue weighted by atomic mass is 10.2. The normalized spacial score (nSPS) is 13.5. The van der Waals surface area contributed by atoms with E-state index in [9.17, 15) is 18.5 Å². The molecule has 0 saturated heterocycles. The number of hydrogen-bond donors (Lipinski definition) is 0. The van der Waals surface area contributed by atoms with Gasteiger partial charge in [-0.1, -0.05) is 20.8 Å². The molecule has 0 saturated carbocycles. The molecule has 1 rings (SSSR count). The molecule has 0 heterocycles. The van der Waals surface area contributed by atoms with Crippen molar-refractivity contribution in [3.8, 4) is 0 Å². The van der Waals surface area contributed by atoms with Gasteiger partial charge in [0.05, 0.1) is 9.82 Å². The van der Waals surface area contributed by atoms with E-state index in [4.69, 9.17) is 0 Å². The molecule has 1 aromatic carbocycles. The van der Waals surface area contributed by atoms with Crippen molar-refractivity contribution in [2.45, 2.75) is 35.8 Å². The Morgan fingerprint density at radius 2 is 1.84 bits per heavy atom. The molecule has 0 unspecified atom stereocenters. The number of non-ortho nitro benzene ring substituents is 1. The molecule has 0 aliphatic carbocycles. The molecule has 0 spiro atoms. The molecular formula is C12H17NO4S2. The molecule has 0 aromatic heterocycles. The predicted molar refractivity (Wildman–Crippen MR) is 76.4 cm³/mol. The molecule has 0 radical (unpaired) electrons. The number of nitro benzene ring substituents is 1. The van der Waals surface area contributed by atoms with Gasteiger partial charge < -0.3 is 0 Å². The average molecular weight is 303 g/mol. The van der Waals surface area contributed by atoms with Crippen LogP contribution in [0.2, 0.25) is 0 Å². The fourth-order valence-corrected chi connectivity index (χ4v) is 3.69. The zero-order valence-electron chi connectivity index (χ0n) is 11.3. The third-order valence-electron chi connectivity index (χ3n) is 2.79. The van der Waals surface area contributed by atoms with E-state index in [1.54, 1.807) is 0 Å². The van der Waals surface area contributed by atoms with Crippen LogP contribution in [-0.4, -0.2) is 24.8 Å². The van der Waals surface area contributed by atoms with Crippen LogP contribution in [0.3, 0.4) is 0 Å². The summed E-state index contributed by atoms with van der Waals surface area (Å²) in [5.74, 6) is 0.382. The highest BCUT2D eigenvalue weighted by Crippen LogP contribution is 2.34. The van der Waals surface area contributed by atoms with Crippen LogP contribution >= 0.6 is 11.8 Å². The highest BCUT2D eigenvalue weighted by atomic mass is 32.2. The summed E-state index contributed by atoms with van der Waals surface area (Å²) in [6.07, 6.45) is 1.07. The zero-order chi connectivity index (χ0) is 14.8. The van der Waals surface area contributed by atoms with E-state index >= 15 is 0 Å². The Labute approximate surface area is 117 Å². The Hall–Kier alpha value is -1.08. The van der Waals surface area contributed by atoms with Crippen molar-refractivity contribution in [1.82, 2.24) is 0 Å². The van der Waals surface area contributed by atoms with E-state index in [2.05, 4.69) is 0 Å². The minimum atomic E-state index is -3.49. The van der Waals surface area contributed by atoms with Crippen molar-refractivity contribution >= 4 is 27.3 Å². The van der Waals surface area contributed by atoms with Gasteiger partial charge in [-0.3, -0.25) is 10.1 Å². The highest BCUT2D eigenvalue weighted by molar-refractivity contribution is 8.00. The number of nitrogens with zero attached hydrogens (tertiary/aromatic N) is 1. The number of thioether (sulfide) groups is 1. The first kappa shape index (κ1) is 16.0. The van der Waals surface area contributed by atoms with Crippen LogP contribution in [-0.2, 0) is 9.84 Å². The quantitative estimate of drug-likeness (QED) is 0.474. The minimum Gasteiger partial charge on any atom is -0.258 e. The molecule has 0 fully saturated rings. The summed E-state index contributed by atoms with van der Waals surface area (Å²) in [5, 5.41) is 10.9. The summed E-state index contributed by atoms with van der Waals surface area (Å²) in [6.45, 7) is 6.09. The van der Waals surface area contributed by atoms with Crippen LogP contribution in [0, 0.1) is 16.0 Å². The second-order valence-electron chi connectivity index (χ2n) is 4.73. The van der Waals surface area contributed by atoms with Gasteiger partial charge in [0.2, 0.25) is 0 Å². The van der Waals surface area contributed by atoms with Gasteiger partial charge in [-0.15, -0.1) is 11.8 Å². The highest BCUT2D eigenvalue weighted by Gasteiger charge is 2.20. The number of hydrogen-bond acceptors (Lipinski definition) is 5. The van der Waals surface area contributed by atoms with Crippen LogP contribution in [0.4, 0.5) is 5.69 Å². The van der Waals surface area contributed by atoms with Crippen molar-refractivity contribution < 1.29 is 13.3 Å². The summed E-state index contributed by atoms with van der Waals surface area (Å²) in [5.41, 5.74) is -0.207. The van der Waals surface area contributed by atoms with Crippen LogP contribution in [0.25, 0.3) is 0 Å². The number of sulfone groups is 1. The average Bonchev–Trinajstić information content (AvgIpc) is 2.27. The SMILES string of the molecule is CC(C)[C@@H](C)Sc1ccc([N+](=O)[O-])cc1S(C)(=O)=O. The van der Waals surface area contributed by atoms with Gasteiger partial charge in [0, 0.05) is 28.5 Å². The van der Waals surface area contributed by atoms with Crippen molar-refractivity contribution in [3.63, 3.8) is 0 Å². The molecule has 0 aliphatic rings. The van der Waals surface area contributed by atoms with Gasteiger partial charge in [-0.2, -0.15) is 0 Å². The van der Waals surface area contributed by atoms with Gasteiger partial charge in [0.1, 0.15) is 0 Å². The zero-order valence-corrected chi connectivity index (χ0v) is 12.9. The number of nitro groups is 1. The van der Waals surface area contributed by atoms with E-state index in [-0.39, 0.29) is 15.8 Å². The molecule has 0 bridgehead atoms. The molecule has 7 heteroatoms. The Balaban J connectivity index is 3.29. The second kappa shape index (κ2) is 5.92. The van der Waals surface area contributed by atoms with Gasteiger partial charge in [-0.25, -0.2) is 8.42 Å². The van der Waals surface area contributed by atoms with Crippen LogP contribution in [0.1, 0.15) is 20.8 Å². The van der Waals surface area contributed by atoms with Crippen molar-refractivity contribution in [2.24, 2.45) is 5.92 Å². The lowest BCUT2D eigenvalue weighted by Gasteiger charge is -2.16. The molecule has 1 atom stereocenters. The summed E-state index contributed by atoms with van der Waals surface area (Å²) >= 11 is 1.42. The Morgan fingerprint density at radius 1 is 1.26 bits per heavy atom. The largest absolute Gasteiger partial charge is 0.270 e. The monoisotopic (exact) mass is 303 g/mol. The lowest BCUT2D eigenvalue weighted by molar-refractivity contribution is -0.385. The first-order chi connectivity index (χ1) is 8.62. The van der Waals surface area contributed by atoms with Crippen LogP contribution in [0.15, 0.2) is 28.0 Å². The first-order valence-electron chi connectivity index (χ1n) is 5.78. The van der Waals surface area contributed by atoms with Gasteiger partial charge >= 0.3 is 0 Å². The lowest BCUT2D eigenvalue weighted by Crippen LogP contribution is -2.08. The Kier molecular flexibility index (Phi) is 4.98. The van der Waals surface area contributed by atoms with E-state index < -0.39 is 14.8 Å². The summed E-state index contributed by atoms with van der Waals surface area (Å²) in [7, 11) is -3.49. The summed E-state index contributed by atoms with van der Waals surface area (Å²) < 4.78 is 23.5. The van der Waals surface area contributed by atoms with Gasteiger partial charge in [0.15, 0.2) is 9.84 Å². The van der Waals surface area contributed by atoms with Gasteiger partial charge in [0.25, 0.3) is 5.69 Å². The molecule has 0 aliphatic heterocycles. The van der Waals surface area contributed by atoms with E-state index in [1.807, 2.05) is 20.8 Å². The fraction of sp³-hybridized carbons (Fsp3) is 0.500. The molecular weight excluding hydrogens is 286 g/mol. The fourth-order valence-electron chi connectivity index (χ4n) is 1.33. The third kappa shape index (κ3) is 4.21. The molecule has 5 nitrogen and oxygen atoms in total. The molecule has 19 heavy (non-hydrogen) atoms. The van der Waals surface area contributed by atoms with Crippen molar-refractivity contribution in [2.75, 3.05) is 6.26 Å². The standard InChI is InChI=1S/C12H17NO4S2/c1-8(2)9(3)18-11-6-5-10(13(14)15)7-12(11)19(4,16)17/h5-9H,1-4H3/t9-/m1/s1. The number of benzene rings is 1.